The zero-order valence-corrected chi connectivity index (χ0v) is 31.8. The molecule has 2 saturated heterocycles. The van der Waals surface area contributed by atoms with Crippen LogP contribution in [0.4, 0.5) is 0 Å². The Balaban J connectivity index is 1.32. The van der Waals surface area contributed by atoms with Crippen LogP contribution in [0.5, 0.6) is 40.2 Å². The van der Waals surface area contributed by atoms with Crippen molar-refractivity contribution < 1.29 is 48.6 Å². The molecule has 7 heterocycles. The zero-order valence-electron chi connectivity index (χ0n) is 30.9. The number of carbonyl (C=O) groups is 2. The molecule has 0 radical (unpaired) electrons. The van der Waals surface area contributed by atoms with E-state index in [4.69, 9.17) is 23.7 Å². The van der Waals surface area contributed by atoms with E-state index in [1.54, 1.807) is 26.2 Å². The summed E-state index contributed by atoms with van der Waals surface area (Å²) in [5.74, 6) is 1.10. The van der Waals surface area contributed by atoms with Gasteiger partial charge in [-0.15, -0.1) is 11.8 Å². The molecule has 1 amide bonds. The molecular weight excluding hydrogens is 717 g/mol. The number of piperazine rings is 1. The lowest BCUT2D eigenvalue weighted by Crippen LogP contribution is -2.73. The molecule has 0 saturated carbocycles. The number of phenols is 3. The van der Waals surface area contributed by atoms with Crippen molar-refractivity contribution in [1.82, 2.24) is 20.4 Å². The van der Waals surface area contributed by atoms with Gasteiger partial charge >= 0.3 is 5.97 Å². The minimum Gasteiger partial charge on any atom is -0.507 e. The average molecular weight is 761 g/mol. The van der Waals surface area contributed by atoms with E-state index in [0.717, 1.165) is 22.3 Å². The van der Waals surface area contributed by atoms with Gasteiger partial charge in [0.2, 0.25) is 12.7 Å². The van der Waals surface area contributed by atoms with Gasteiger partial charge in [-0.3, -0.25) is 19.9 Å². The number of hydrogen-bond donors (Lipinski definition) is 5. The first-order valence-corrected chi connectivity index (χ1v) is 19.2. The van der Waals surface area contributed by atoms with Crippen molar-refractivity contribution in [3.8, 4) is 40.2 Å². The first-order chi connectivity index (χ1) is 25.9. The number of nitrogens with zero attached hydrogens (tertiary/aromatic N) is 2. The second kappa shape index (κ2) is 12.5. The minimum atomic E-state index is -1.34. The fraction of sp³-hybridized carbons (Fsp3) is 0.487. The summed E-state index contributed by atoms with van der Waals surface area (Å²) in [6, 6.07) is 3.50. The number of aryl methyl sites for hydroxylation is 1. The van der Waals surface area contributed by atoms with Crippen molar-refractivity contribution in [3.63, 3.8) is 0 Å². The average Bonchev–Trinajstić information content (AvgIpc) is 3.63. The molecule has 7 aliphatic rings. The summed E-state index contributed by atoms with van der Waals surface area (Å²) in [5, 5.41) is 41.3. The van der Waals surface area contributed by atoms with Crippen molar-refractivity contribution in [2.24, 2.45) is 0 Å². The molecule has 0 aliphatic carbocycles. The van der Waals surface area contributed by atoms with Gasteiger partial charge in [-0.1, -0.05) is 6.07 Å². The van der Waals surface area contributed by atoms with Crippen molar-refractivity contribution in [2.75, 3.05) is 47.0 Å². The van der Waals surface area contributed by atoms with Gasteiger partial charge in [0.1, 0.15) is 12.4 Å². The molecule has 14 nitrogen and oxygen atoms in total. The molecule has 15 heteroatoms. The lowest BCUT2D eigenvalue weighted by Gasteiger charge is -2.63. The van der Waals surface area contributed by atoms with Gasteiger partial charge in [-0.25, -0.2) is 4.79 Å². The van der Waals surface area contributed by atoms with Gasteiger partial charge in [0, 0.05) is 53.6 Å². The highest BCUT2D eigenvalue weighted by Crippen LogP contribution is 2.64. The number of fused-ring (bicyclic) bond motifs is 9. The Hall–Kier alpha value is -4.57. The Labute approximate surface area is 316 Å². The van der Waals surface area contributed by atoms with Gasteiger partial charge in [0.15, 0.2) is 40.0 Å². The number of esters is 1. The smallest absolute Gasteiger partial charge is 0.331 e. The summed E-state index contributed by atoms with van der Waals surface area (Å²) >= 11 is 1.49. The van der Waals surface area contributed by atoms with E-state index in [1.165, 1.54) is 25.8 Å². The maximum absolute atomic E-state index is 14.7. The molecule has 2 fully saturated rings. The Morgan fingerprint density at radius 3 is 2.54 bits per heavy atom. The van der Waals surface area contributed by atoms with Crippen LogP contribution in [0.3, 0.4) is 0 Å². The SMILES string of the molecule is COc1cc2c(cc1O)CCN[C@]21CS[C@@H]2c3c(O)c(C)c4c(c3[C@H](COC1=O)N1[C@@H]2[C@H]2c3c(cc(C)c(OC)c3O)C[C@@H]([C@@H]1NC(C)=O)N2C)OCO4. The molecule has 0 unspecified atom stereocenters. The second-order valence-electron chi connectivity index (χ2n) is 15.1. The first-order valence-electron chi connectivity index (χ1n) is 18.2. The fourth-order valence-electron chi connectivity index (χ4n) is 10.2. The number of likely N-dealkylation sites (N-methyl/N-ethyl adjacent to an activating group) is 1. The molecule has 286 valence electrons. The first kappa shape index (κ1) is 35.2. The lowest BCUT2D eigenvalue weighted by molar-refractivity contribution is -0.161. The van der Waals surface area contributed by atoms with Gasteiger partial charge in [-0.05, 0) is 68.1 Å². The summed E-state index contributed by atoms with van der Waals surface area (Å²) in [6.45, 7) is 5.46. The Morgan fingerprint density at radius 1 is 1.02 bits per heavy atom. The van der Waals surface area contributed by atoms with Gasteiger partial charge in [0.25, 0.3) is 0 Å². The van der Waals surface area contributed by atoms with E-state index < -0.39 is 41.0 Å². The van der Waals surface area contributed by atoms with Gasteiger partial charge in [-0.2, -0.15) is 0 Å². The number of phenolic OH excluding ortho intramolecular Hbond substituents is 3. The van der Waals surface area contributed by atoms with Crippen LogP contribution in [0.1, 0.15) is 68.8 Å². The summed E-state index contributed by atoms with van der Waals surface area (Å²) in [6.07, 6.45) is 0.522. The molecule has 1 spiro atoms. The number of hydrogen-bond acceptors (Lipinski definition) is 14. The highest BCUT2D eigenvalue weighted by molar-refractivity contribution is 7.99. The van der Waals surface area contributed by atoms with Crippen LogP contribution in [0, 0.1) is 13.8 Å². The largest absolute Gasteiger partial charge is 0.507 e. The molecule has 10 rings (SSSR count). The number of amides is 1. The van der Waals surface area contributed by atoms with Gasteiger partial charge in [0.05, 0.1) is 37.7 Å². The molecule has 7 atom stereocenters. The van der Waals surface area contributed by atoms with Crippen LogP contribution >= 0.6 is 11.8 Å². The van der Waals surface area contributed by atoms with Crippen LogP contribution in [0.2, 0.25) is 0 Å². The Kier molecular flexibility index (Phi) is 8.12. The number of nitrogens with one attached hydrogen (secondary N) is 2. The Bertz CT molecular complexity index is 2130. The van der Waals surface area contributed by atoms with E-state index >= 15 is 0 Å². The molecule has 4 bridgehead atoms. The van der Waals surface area contributed by atoms with E-state index in [9.17, 15) is 24.9 Å². The number of rotatable bonds is 3. The second-order valence-corrected chi connectivity index (χ2v) is 16.2. The van der Waals surface area contributed by atoms with Crippen LogP contribution < -0.4 is 29.6 Å². The zero-order chi connectivity index (χ0) is 38.0. The van der Waals surface area contributed by atoms with E-state index in [-0.39, 0.29) is 54.1 Å². The van der Waals surface area contributed by atoms with E-state index in [1.807, 2.05) is 14.0 Å². The summed E-state index contributed by atoms with van der Waals surface area (Å²) in [4.78, 5) is 32.3. The number of ether oxygens (including phenoxy) is 5. The minimum absolute atomic E-state index is 0.0143. The van der Waals surface area contributed by atoms with E-state index in [2.05, 4.69) is 26.5 Å². The maximum Gasteiger partial charge on any atom is 0.331 e. The van der Waals surface area contributed by atoms with E-state index in [0.29, 0.717) is 58.9 Å². The predicted octanol–water partition coefficient (Wildman–Crippen LogP) is 3.34. The molecule has 0 aromatic heterocycles. The number of methoxy groups -OCH3 is 2. The normalized spacial score (nSPS) is 29.4. The standard InChI is InChI=1S/C39H44N4O10S/c1-16-9-20-10-22-37(41-18(3)44)43-23-13-51-38(48)39(21-12-25(49-5)24(45)11-19(21)7-8-40-39)14-54-36(28-27(23)35-34(52-15-53-35)17(2)31(28)46)30(43)29(42(22)4)26(20)32(47)33(16)50-6/h9,11-12,22-23,29-30,36-37,40,45-47H,7-8,10,13-15H2,1-6H3,(H,41,44)/t22-,23-,29+,30+,36+,37+,39+/m0/s1. The number of thioether (sulfide) groups is 1. The Morgan fingerprint density at radius 2 is 1.80 bits per heavy atom. The third-order valence-corrected chi connectivity index (χ3v) is 13.9. The molecule has 5 N–H and O–H groups in total. The van der Waals surface area contributed by atoms with Crippen LogP contribution in [-0.4, -0.2) is 102 Å². The topological polar surface area (TPSA) is 172 Å². The van der Waals surface area contributed by atoms with Crippen LogP contribution in [0.25, 0.3) is 0 Å². The van der Waals surface area contributed by atoms with Crippen molar-refractivity contribution >= 4 is 23.6 Å². The quantitative estimate of drug-likeness (QED) is 0.246. The number of aromatic hydroxyl groups is 3. The monoisotopic (exact) mass is 760 g/mol. The third kappa shape index (κ3) is 4.70. The lowest BCUT2D eigenvalue weighted by atomic mass is 9.72. The molecule has 7 aliphatic heterocycles. The third-order valence-electron chi connectivity index (χ3n) is 12.4. The van der Waals surface area contributed by atoms with Crippen molar-refractivity contribution in [1.29, 1.82) is 0 Å². The number of benzene rings is 3. The van der Waals surface area contributed by atoms with Crippen LogP contribution in [-0.2, 0) is 32.7 Å². The van der Waals surface area contributed by atoms with Crippen molar-refractivity contribution in [3.05, 3.63) is 62.7 Å². The maximum atomic E-state index is 14.7. The number of carbonyl (C=O) groups excluding carboxylic acids is 2. The van der Waals surface area contributed by atoms with Crippen molar-refractivity contribution in [2.45, 2.75) is 74.7 Å². The summed E-state index contributed by atoms with van der Waals surface area (Å²) in [7, 11) is 5.03. The van der Waals surface area contributed by atoms with Crippen LogP contribution in [0.15, 0.2) is 18.2 Å². The highest BCUT2D eigenvalue weighted by atomic mass is 32.2. The fourth-order valence-corrected chi connectivity index (χ4v) is 11.8. The summed E-state index contributed by atoms with van der Waals surface area (Å²) in [5.41, 5.74) is 4.42. The molecular formula is C39H44N4O10S. The van der Waals surface area contributed by atoms with Gasteiger partial charge < -0.3 is 44.3 Å². The molecule has 54 heavy (non-hydrogen) atoms. The predicted molar refractivity (Wildman–Crippen MR) is 197 cm³/mol. The summed E-state index contributed by atoms with van der Waals surface area (Å²) < 4.78 is 29.8. The highest BCUT2D eigenvalue weighted by Gasteiger charge is 2.61. The molecule has 3 aromatic carbocycles. The molecule has 3 aromatic rings.